The Bertz CT molecular complexity index is 1160. The van der Waals surface area contributed by atoms with Gasteiger partial charge in [-0.1, -0.05) is 12.1 Å². The topological polar surface area (TPSA) is 73.2 Å². The van der Waals surface area contributed by atoms with Crippen LogP contribution in [0.25, 0.3) is 5.69 Å². The number of nitrogens with zero attached hydrogens (tertiary/aromatic N) is 2. The molecule has 10 heteroatoms. The third-order valence-electron chi connectivity index (χ3n) is 4.99. The zero-order valence-electron chi connectivity index (χ0n) is 16.9. The van der Waals surface area contributed by atoms with Crippen LogP contribution in [0.2, 0.25) is 0 Å². The number of aromatic nitrogens is 2. The number of hydrogen-bond donors (Lipinski definition) is 1. The Balaban J connectivity index is 1.38. The summed E-state index contributed by atoms with van der Waals surface area (Å²) in [6.07, 6.45) is -0.327. The maximum atomic E-state index is 13.4. The minimum absolute atomic E-state index is 0.00938. The van der Waals surface area contributed by atoms with E-state index in [1.54, 1.807) is 12.1 Å². The molecule has 0 aliphatic carbocycles. The highest BCUT2D eigenvalue weighted by atomic mass is 32.2. The smallest absolute Gasteiger partial charge is 0.418 e. The van der Waals surface area contributed by atoms with Crippen molar-refractivity contribution in [1.29, 1.82) is 0 Å². The van der Waals surface area contributed by atoms with Gasteiger partial charge < -0.3 is 10.1 Å². The second kappa shape index (κ2) is 9.15. The first kappa shape index (κ1) is 22.1. The molecular weight excluding hydrogens is 443 g/mol. The summed E-state index contributed by atoms with van der Waals surface area (Å²) in [5.41, 5.74) is 0.846. The summed E-state index contributed by atoms with van der Waals surface area (Å²) >= 11 is 0. The summed E-state index contributed by atoms with van der Waals surface area (Å²) in [7, 11) is -1.61. The van der Waals surface area contributed by atoms with Crippen LogP contribution in [-0.2, 0) is 28.2 Å². The van der Waals surface area contributed by atoms with Crippen molar-refractivity contribution in [1.82, 2.24) is 9.55 Å². The van der Waals surface area contributed by atoms with E-state index in [2.05, 4.69) is 10.3 Å². The van der Waals surface area contributed by atoms with Crippen molar-refractivity contribution in [2.75, 3.05) is 17.7 Å². The van der Waals surface area contributed by atoms with Gasteiger partial charge in [-0.2, -0.15) is 13.2 Å². The van der Waals surface area contributed by atoms with Crippen molar-refractivity contribution in [2.24, 2.45) is 0 Å². The minimum Gasteiger partial charge on any atom is -0.494 e. The van der Waals surface area contributed by atoms with E-state index in [0.717, 1.165) is 17.3 Å². The van der Waals surface area contributed by atoms with Crippen molar-refractivity contribution < 1.29 is 26.9 Å². The van der Waals surface area contributed by atoms with Gasteiger partial charge in [-0.05, 0) is 48.7 Å². The predicted molar refractivity (Wildman–Crippen MR) is 113 cm³/mol. The molecule has 1 amide bonds. The average molecular weight is 463 g/mol. The van der Waals surface area contributed by atoms with Crippen molar-refractivity contribution in [2.45, 2.75) is 30.6 Å². The quantitative estimate of drug-likeness (QED) is 0.529. The first-order valence-corrected chi connectivity index (χ1v) is 11.3. The van der Waals surface area contributed by atoms with Crippen LogP contribution in [0.15, 0.2) is 60.0 Å². The number of halogens is 3. The lowest BCUT2D eigenvalue weighted by Crippen LogP contribution is -2.18. The van der Waals surface area contributed by atoms with Crippen LogP contribution >= 0.6 is 0 Å². The van der Waals surface area contributed by atoms with E-state index in [1.807, 2.05) is 6.07 Å². The van der Waals surface area contributed by atoms with Crippen molar-refractivity contribution >= 4 is 22.4 Å². The number of rotatable bonds is 7. The molecule has 1 atom stereocenters. The molecular formula is C22H20F3N3O3S. The van der Waals surface area contributed by atoms with Crippen molar-refractivity contribution in [3.63, 3.8) is 0 Å². The molecule has 168 valence electrons. The molecule has 0 saturated carbocycles. The van der Waals surface area contributed by atoms with Gasteiger partial charge >= 0.3 is 6.18 Å². The highest BCUT2D eigenvalue weighted by molar-refractivity contribution is 7.84. The Kier molecular flexibility index (Phi) is 6.31. The predicted octanol–water partition coefficient (Wildman–Crippen LogP) is 4.35. The molecule has 0 spiro atoms. The number of fused-ring (bicyclic) bond motifs is 1. The molecule has 3 aromatic rings. The third kappa shape index (κ3) is 4.85. The lowest BCUT2D eigenvalue weighted by atomic mass is 10.0. The summed E-state index contributed by atoms with van der Waals surface area (Å²) in [5.74, 6) is 0.822. The van der Waals surface area contributed by atoms with Crippen LogP contribution in [0.5, 0.6) is 5.75 Å². The molecule has 4 rings (SSSR count). The van der Waals surface area contributed by atoms with Crippen LogP contribution < -0.4 is 10.1 Å². The second-order valence-corrected chi connectivity index (χ2v) is 8.68. The molecule has 1 aromatic heterocycles. The maximum absolute atomic E-state index is 13.4. The summed E-state index contributed by atoms with van der Waals surface area (Å²) < 4.78 is 59.8. The number of ether oxygens (including phenoxy) is 1. The fourth-order valence-electron chi connectivity index (χ4n) is 3.49. The van der Waals surface area contributed by atoms with E-state index in [1.165, 1.54) is 35.2 Å². The van der Waals surface area contributed by atoms with Crippen LogP contribution in [0.4, 0.5) is 18.9 Å². The summed E-state index contributed by atoms with van der Waals surface area (Å²) in [5, 5.41) is 2.86. The molecule has 2 aromatic carbocycles. The van der Waals surface area contributed by atoms with Crippen LogP contribution in [0, 0.1) is 0 Å². The number of carbonyl (C=O) groups is 1. The van der Waals surface area contributed by atoms with E-state index in [4.69, 9.17) is 4.74 Å². The number of imidazole rings is 1. The average Bonchev–Trinajstić information content (AvgIpc) is 3.26. The Morgan fingerprint density at radius 3 is 2.78 bits per heavy atom. The highest BCUT2D eigenvalue weighted by Gasteiger charge is 2.34. The van der Waals surface area contributed by atoms with Gasteiger partial charge in [0.15, 0.2) is 0 Å². The van der Waals surface area contributed by atoms with Crippen LogP contribution in [0.3, 0.4) is 0 Å². The van der Waals surface area contributed by atoms with Gasteiger partial charge in [0.05, 0.1) is 28.7 Å². The number of nitrogens with one attached hydrogen (secondary N) is 1. The van der Waals surface area contributed by atoms with E-state index >= 15 is 0 Å². The Morgan fingerprint density at radius 1 is 1.16 bits per heavy atom. The first-order chi connectivity index (χ1) is 15.3. The van der Waals surface area contributed by atoms with E-state index in [-0.39, 0.29) is 29.1 Å². The van der Waals surface area contributed by atoms with Crippen LogP contribution in [-0.4, -0.2) is 32.0 Å². The summed E-state index contributed by atoms with van der Waals surface area (Å²) in [4.78, 5) is 15.5. The monoisotopic (exact) mass is 463 g/mol. The number of anilines is 1. The molecule has 32 heavy (non-hydrogen) atoms. The molecule has 0 saturated heterocycles. The normalized spacial score (nSPS) is 14.5. The second-order valence-electron chi connectivity index (χ2n) is 7.21. The number of benzene rings is 2. The number of aryl methyl sites for hydroxylation is 1. The lowest BCUT2D eigenvalue weighted by Gasteiger charge is -2.17. The molecule has 0 bridgehead atoms. The zero-order chi connectivity index (χ0) is 22.7. The van der Waals surface area contributed by atoms with E-state index < -0.39 is 22.5 Å². The Labute approximate surface area is 184 Å². The number of hydrogen-bond acceptors (Lipinski definition) is 4. The zero-order valence-corrected chi connectivity index (χ0v) is 17.7. The van der Waals surface area contributed by atoms with Gasteiger partial charge in [-0.25, -0.2) is 4.98 Å². The fourth-order valence-corrected chi connectivity index (χ4v) is 4.61. The molecule has 0 fully saturated rings. The summed E-state index contributed by atoms with van der Waals surface area (Å²) in [6.45, 7) is 0.288. The number of alkyl halides is 3. The van der Waals surface area contributed by atoms with Gasteiger partial charge in [0.1, 0.15) is 5.75 Å². The molecule has 1 N–H and O–H groups in total. The van der Waals surface area contributed by atoms with Gasteiger partial charge in [-0.3, -0.25) is 13.6 Å². The van der Waals surface area contributed by atoms with Gasteiger partial charge in [0.2, 0.25) is 11.1 Å². The Morgan fingerprint density at radius 2 is 1.97 bits per heavy atom. The molecule has 1 unspecified atom stereocenters. The van der Waals surface area contributed by atoms with Gasteiger partial charge in [0.25, 0.3) is 0 Å². The lowest BCUT2D eigenvalue weighted by molar-refractivity contribution is -0.137. The molecule has 1 aliphatic heterocycles. The maximum Gasteiger partial charge on any atom is 0.418 e. The van der Waals surface area contributed by atoms with E-state index in [9.17, 15) is 22.2 Å². The number of amides is 1. The SMILES string of the molecule is O=C1CCc2cc(OCCCS(=O)c3nccn3-c3ccccc3C(F)(F)F)ccc2N1. The third-order valence-corrected chi connectivity index (χ3v) is 6.36. The minimum atomic E-state index is -4.54. The van der Waals surface area contributed by atoms with Gasteiger partial charge in [-0.15, -0.1) is 0 Å². The molecule has 1 aliphatic rings. The molecule has 0 radical (unpaired) electrons. The standard InChI is InChI=1S/C22H20F3N3O3S/c23-22(24,25)17-4-1-2-5-19(17)28-11-10-26-21(28)32(30)13-3-12-31-16-7-8-18-15(14-16)6-9-20(29)27-18/h1-2,4-5,7-8,10-11,14H,3,6,9,12-13H2,(H,27,29). The van der Waals surface area contributed by atoms with Crippen molar-refractivity contribution in [3.05, 3.63) is 66.0 Å². The summed E-state index contributed by atoms with van der Waals surface area (Å²) in [6, 6.07) is 10.5. The molecule has 2 heterocycles. The van der Waals surface area contributed by atoms with Gasteiger partial charge in [0, 0.05) is 30.3 Å². The number of carbonyl (C=O) groups excluding carboxylic acids is 1. The molecule has 6 nitrogen and oxygen atoms in total. The number of para-hydroxylation sites is 1. The highest BCUT2D eigenvalue weighted by Crippen LogP contribution is 2.34. The largest absolute Gasteiger partial charge is 0.494 e. The van der Waals surface area contributed by atoms with Crippen LogP contribution in [0.1, 0.15) is 24.0 Å². The first-order valence-electron chi connectivity index (χ1n) is 9.97. The van der Waals surface area contributed by atoms with E-state index in [0.29, 0.717) is 25.0 Å². The fraction of sp³-hybridized carbons (Fsp3) is 0.273. The van der Waals surface area contributed by atoms with Crippen molar-refractivity contribution in [3.8, 4) is 11.4 Å². The Hall–Kier alpha value is -3.14.